The molecule has 0 bridgehead atoms. The lowest BCUT2D eigenvalue weighted by atomic mass is 9.88. The maximum absolute atomic E-state index is 15.3. The number of hydrogen-bond acceptors (Lipinski definition) is 6. The summed E-state index contributed by atoms with van der Waals surface area (Å²) in [5, 5.41) is 13.9. The SMILES string of the molecule is CC1(CN)CN(c2cc3c(cc2F)c(=O)c(C(=O)O)cn3C2CC2)C/C1=N/OCc1ccccc1.Cl. The molecule has 0 radical (unpaired) electrons. The van der Waals surface area contributed by atoms with E-state index in [1.54, 1.807) is 10.6 Å². The van der Waals surface area contributed by atoms with Gasteiger partial charge in [-0.05, 0) is 30.5 Å². The molecule has 1 aliphatic heterocycles. The van der Waals surface area contributed by atoms with Crippen LogP contribution in [0.5, 0.6) is 0 Å². The molecule has 3 aromatic rings. The Labute approximate surface area is 213 Å². The van der Waals surface area contributed by atoms with Crippen molar-refractivity contribution in [3.05, 3.63) is 75.8 Å². The van der Waals surface area contributed by atoms with Gasteiger partial charge in [0.05, 0.1) is 23.5 Å². The van der Waals surface area contributed by atoms with E-state index in [2.05, 4.69) is 5.16 Å². The average Bonchev–Trinajstić information content (AvgIpc) is 3.63. The summed E-state index contributed by atoms with van der Waals surface area (Å²) in [7, 11) is 0. The number of aromatic carboxylic acids is 1. The Balaban J connectivity index is 0.00000304. The van der Waals surface area contributed by atoms with E-state index in [1.807, 2.05) is 42.2 Å². The molecular weight excluding hydrogens is 487 g/mol. The Hall–Kier alpha value is -3.43. The van der Waals surface area contributed by atoms with E-state index in [9.17, 15) is 14.7 Å². The minimum Gasteiger partial charge on any atom is -0.477 e. The summed E-state index contributed by atoms with van der Waals surface area (Å²) < 4.78 is 17.1. The Morgan fingerprint density at radius 3 is 2.64 bits per heavy atom. The molecule has 2 aliphatic rings. The van der Waals surface area contributed by atoms with Gasteiger partial charge in [-0.3, -0.25) is 4.79 Å². The molecule has 1 saturated carbocycles. The molecule has 190 valence electrons. The van der Waals surface area contributed by atoms with Crippen molar-refractivity contribution in [2.24, 2.45) is 16.3 Å². The largest absolute Gasteiger partial charge is 0.477 e. The zero-order chi connectivity index (χ0) is 24.7. The number of carboxylic acid groups (broad SMARTS) is 1. The van der Waals surface area contributed by atoms with Gasteiger partial charge in [0.25, 0.3) is 0 Å². The number of oxime groups is 1. The van der Waals surface area contributed by atoms with Crippen LogP contribution in [0.15, 0.2) is 58.6 Å². The molecule has 8 nitrogen and oxygen atoms in total. The van der Waals surface area contributed by atoms with E-state index in [0.29, 0.717) is 37.4 Å². The van der Waals surface area contributed by atoms with Crippen molar-refractivity contribution in [2.45, 2.75) is 32.4 Å². The molecule has 1 unspecified atom stereocenters. The highest BCUT2D eigenvalue weighted by atomic mass is 35.5. The van der Waals surface area contributed by atoms with Crippen LogP contribution in [-0.4, -0.2) is 41.0 Å². The number of pyridine rings is 1. The van der Waals surface area contributed by atoms with Crippen LogP contribution in [0.4, 0.5) is 10.1 Å². The monoisotopic (exact) mass is 514 g/mol. The first-order valence-electron chi connectivity index (χ1n) is 11.6. The van der Waals surface area contributed by atoms with Gasteiger partial charge in [-0.2, -0.15) is 0 Å². The second-order valence-electron chi connectivity index (χ2n) is 9.55. The summed E-state index contributed by atoms with van der Waals surface area (Å²) in [5.41, 5.74) is 7.10. The first-order valence-corrected chi connectivity index (χ1v) is 11.6. The first-order chi connectivity index (χ1) is 16.8. The Kier molecular flexibility index (Phi) is 7.06. The number of nitrogens with two attached hydrogens (primary N) is 1. The van der Waals surface area contributed by atoms with Gasteiger partial charge in [-0.25, -0.2) is 9.18 Å². The Morgan fingerprint density at radius 2 is 2.00 bits per heavy atom. The summed E-state index contributed by atoms with van der Waals surface area (Å²) in [6, 6.07) is 12.6. The number of rotatable bonds is 7. The van der Waals surface area contributed by atoms with Gasteiger partial charge in [-0.1, -0.05) is 42.4 Å². The van der Waals surface area contributed by atoms with Crippen molar-refractivity contribution in [2.75, 3.05) is 24.5 Å². The van der Waals surface area contributed by atoms with Crippen LogP contribution >= 0.6 is 12.4 Å². The number of anilines is 1. The van der Waals surface area contributed by atoms with Crippen molar-refractivity contribution in [3.8, 4) is 0 Å². The van der Waals surface area contributed by atoms with E-state index in [1.165, 1.54) is 6.20 Å². The standard InChI is InChI=1S/C26H27FN4O4.ClH/c1-26(14-28)15-30(12-23(26)29-35-13-16-5-3-2-4-6-16)22-10-21-18(9-20(22)27)24(32)19(25(33)34)11-31(21)17-7-8-17;/h2-6,9-11,17H,7-8,12-15,28H2,1H3,(H,33,34);1H/b29-23-;. The van der Waals surface area contributed by atoms with Crippen LogP contribution in [0, 0.1) is 11.2 Å². The second kappa shape index (κ2) is 9.91. The molecule has 3 N–H and O–H groups in total. The van der Waals surface area contributed by atoms with Crippen LogP contribution in [-0.2, 0) is 11.4 Å². The highest BCUT2D eigenvalue weighted by Gasteiger charge is 2.41. The fourth-order valence-corrected chi connectivity index (χ4v) is 4.60. The normalized spacial score (nSPS) is 20.5. The number of aromatic nitrogens is 1. The maximum Gasteiger partial charge on any atom is 0.341 e. The number of carbonyl (C=O) groups is 1. The lowest BCUT2D eigenvalue weighted by Gasteiger charge is -2.24. The molecule has 5 rings (SSSR count). The predicted octanol–water partition coefficient (Wildman–Crippen LogP) is 3.95. The molecule has 2 aromatic carbocycles. The minimum absolute atomic E-state index is 0. The minimum atomic E-state index is -1.31. The van der Waals surface area contributed by atoms with E-state index in [4.69, 9.17) is 10.6 Å². The average molecular weight is 515 g/mol. The Morgan fingerprint density at radius 1 is 1.28 bits per heavy atom. The quantitative estimate of drug-likeness (QED) is 0.462. The third-order valence-electron chi connectivity index (χ3n) is 6.89. The molecule has 0 spiro atoms. The molecule has 10 heteroatoms. The first kappa shape index (κ1) is 25.7. The zero-order valence-corrected chi connectivity index (χ0v) is 20.6. The summed E-state index contributed by atoms with van der Waals surface area (Å²) in [6.07, 6.45) is 3.15. The number of fused-ring (bicyclic) bond motifs is 1. The molecule has 1 atom stereocenters. The fourth-order valence-electron chi connectivity index (χ4n) is 4.60. The summed E-state index contributed by atoms with van der Waals surface area (Å²) in [4.78, 5) is 31.8. The number of halogens is 2. The highest BCUT2D eigenvalue weighted by molar-refractivity contribution is 5.98. The van der Waals surface area contributed by atoms with Crippen LogP contribution in [0.2, 0.25) is 0 Å². The molecule has 36 heavy (non-hydrogen) atoms. The smallest absolute Gasteiger partial charge is 0.341 e. The highest BCUT2D eigenvalue weighted by Crippen LogP contribution is 2.39. The summed E-state index contributed by atoms with van der Waals surface area (Å²) >= 11 is 0. The van der Waals surface area contributed by atoms with Crippen molar-refractivity contribution in [1.82, 2.24) is 4.57 Å². The van der Waals surface area contributed by atoms with E-state index >= 15 is 4.39 Å². The number of benzene rings is 2. The lowest BCUT2D eigenvalue weighted by Crippen LogP contribution is -2.36. The topological polar surface area (TPSA) is 110 Å². The molecule has 2 heterocycles. The predicted molar refractivity (Wildman–Crippen MR) is 139 cm³/mol. The summed E-state index contributed by atoms with van der Waals surface area (Å²) in [5.74, 6) is -1.91. The Bertz CT molecular complexity index is 1390. The van der Waals surface area contributed by atoms with Gasteiger partial charge in [0.2, 0.25) is 5.43 Å². The van der Waals surface area contributed by atoms with Crippen LogP contribution in [0.25, 0.3) is 10.9 Å². The third kappa shape index (κ3) is 4.68. The van der Waals surface area contributed by atoms with Crippen molar-refractivity contribution in [3.63, 3.8) is 0 Å². The van der Waals surface area contributed by atoms with Gasteiger partial charge in [0, 0.05) is 36.1 Å². The molecular formula is C26H28ClFN4O4. The van der Waals surface area contributed by atoms with E-state index in [0.717, 1.165) is 30.2 Å². The van der Waals surface area contributed by atoms with E-state index < -0.39 is 22.6 Å². The van der Waals surface area contributed by atoms with Gasteiger partial charge in [0.15, 0.2) is 0 Å². The summed E-state index contributed by atoms with van der Waals surface area (Å²) in [6.45, 7) is 3.35. The van der Waals surface area contributed by atoms with Crippen molar-refractivity contribution >= 4 is 40.7 Å². The number of hydrogen-bond donors (Lipinski definition) is 2. The molecule has 0 amide bonds. The maximum atomic E-state index is 15.3. The molecule has 1 aliphatic carbocycles. The number of nitrogens with zero attached hydrogens (tertiary/aromatic N) is 3. The molecule has 1 saturated heterocycles. The third-order valence-corrected chi connectivity index (χ3v) is 6.89. The van der Waals surface area contributed by atoms with Crippen LogP contribution in [0.1, 0.15) is 41.7 Å². The van der Waals surface area contributed by atoms with E-state index in [-0.39, 0.29) is 29.4 Å². The van der Waals surface area contributed by atoms with Crippen molar-refractivity contribution < 1.29 is 19.1 Å². The van der Waals surface area contributed by atoms with Gasteiger partial charge in [-0.15, -0.1) is 12.4 Å². The van der Waals surface area contributed by atoms with Gasteiger partial charge in [0.1, 0.15) is 18.0 Å². The zero-order valence-electron chi connectivity index (χ0n) is 19.8. The number of carboxylic acids is 1. The van der Waals surface area contributed by atoms with Crippen LogP contribution in [0.3, 0.4) is 0 Å². The molecule has 1 aromatic heterocycles. The molecule has 2 fully saturated rings. The van der Waals surface area contributed by atoms with Gasteiger partial charge >= 0.3 is 5.97 Å². The second-order valence-corrected chi connectivity index (χ2v) is 9.55. The van der Waals surface area contributed by atoms with Gasteiger partial charge < -0.3 is 25.1 Å². The fraction of sp³-hybridized carbons (Fsp3) is 0.346. The van der Waals surface area contributed by atoms with Crippen LogP contribution < -0.4 is 16.1 Å². The lowest BCUT2D eigenvalue weighted by molar-refractivity contribution is 0.0695. The van der Waals surface area contributed by atoms with Crippen molar-refractivity contribution in [1.29, 1.82) is 0 Å².